The third-order valence-corrected chi connectivity index (χ3v) is 5.48. The van der Waals surface area contributed by atoms with Gasteiger partial charge in [-0.2, -0.15) is 0 Å². The third kappa shape index (κ3) is 4.91. The van der Waals surface area contributed by atoms with Gasteiger partial charge in [0.25, 0.3) is 0 Å². The van der Waals surface area contributed by atoms with Crippen LogP contribution in [0.4, 0.5) is 11.4 Å². The van der Waals surface area contributed by atoms with Crippen LogP contribution in [0.2, 0.25) is 0 Å². The van der Waals surface area contributed by atoms with E-state index in [0.717, 1.165) is 11.8 Å². The Labute approximate surface area is 160 Å². The predicted octanol–water partition coefficient (Wildman–Crippen LogP) is 2.31. The van der Waals surface area contributed by atoms with Crippen molar-refractivity contribution in [3.63, 3.8) is 0 Å². The van der Waals surface area contributed by atoms with Crippen molar-refractivity contribution in [1.29, 1.82) is 0 Å². The predicted molar refractivity (Wildman–Crippen MR) is 106 cm³/mol. The van der Waals surface area contributed by atoms with Crippen LogP contribution in [0.3, 0.4) is 0 Å². The summed E-state index contributed by atoms with van der Waals surface area (Å²) in [6, 6.07) is 12.1. The monoisotopic (exact) mass is 392 g/mol. The molecule has 0 heterocycles. The Balaban J connectivity index is 2.13. The SMILES string of the molecule is COc1ccc(CC(=O)N(C)c2ccc(N(C)S(C)(=O)=O)cc2)cc1OC. The number of methoxy groups -OCH3 is 2. The normalized spacial score (nSPS) is 11.0. The van der Waals surface area contributed by atoms with Crippen molar-refractivity contribution in [2.24, 2.45) is 0 Å². The summed E-state index contributed by atoms with van der Waals surface area (Å²) in [5.41, 5.74) is 2.01. The van der Waals surface area contributed by atoms with Crippen molar-refractivity contribution in [2.45, 2.75) is 6.42 Å². The lowest BCUT2D eigenvalue weighted by Gasteiger charge is -2.20. The molecular formula is C19H24N2O5S. The highest BCUT2D eigenvalue weighted by Gasteiger charge is 2.15. The smallest absolute Gasteiger partial charge is 0.231 e. The van der Waals surface area contributed by atoms with Crippen LogP contribution in [0.1, 0.15) is 5.56 Å². The van der Waals surface area contributed by atoms with E-state index in [9.17, 15) is 13.2 Å². The second-order valence-electron chi connectivity index (χ2n) is 6.07. The summed E-state index contributed by atoms with van der Waals surface area (Å²) in [6.45, 7) is 0. The van der Waals surface area contributed by atoms with Gasteiger partial charge in [-0.25, -0.2) is 8.42 Å². The summed E-state index contributed by atoms with van der Waals surface area (Å²) >= 11 is 0. The summed E-state index contributed by atoms with van der Waals surface area (Å²) in [4.78, 5) is 14.1. The lowest BCUT2D eigenvalue weighted by Crippen LogP contribution is -2.28. The number of carbonyl (C=O) groups is 1. The highest BCUT2D eigenvalue weighted by atomic mass is 32.2. The summed E-state index contributed by atoms with van der Waals surface area (Å²) < 4.78 is 34.9. The first-order valence-corrected chi connectivity index (χ1v) is 10.0. The van der Waals surface area contributed by atoms with Crippen molar-refractivity contribution >= 4 is 27.3 Å². The average Bonchev–Trinajstić information content (AvgIpc) is 2.66. The van der Waals surface area contributed by atoms with E-state index >= 15 is 0 Å². The van der Waals surface area contributed by atoms with E-state index in [1.54, 1.807) is 57.7 Å². The molecule has 0 N–H and O–H groups in total. The topological polar surface area (TPSA) is 76.2 Å². The molecule has 27 heavy (non-hydrogen) atoms. The fourth-order valence-corrected chi connectivity index (χ4v) is 3.01. The number of hydrogen-bond donors (Lipinski definition) is 0. The summed E-state index contributed by atoms with van der Waals surface area (Å²) in [5, 5.41) is 0. The molecule has 146 valence electrons. The van der Waals surface area contributed by atoms with Crippen molar-refractivity contribution < 1.29 is 22.7 Å². The third-order valence-electron chi connectivity index (χ3n) is 4.28. The first-order chi connectivity index (χ1) is 12.7. The summed E-state index contributed by atoms with van der Waals surface area (Å²) in [5.74, 6) is 1.07. The Hall–Kier alpha value is -2.74. The van der Waals surface area contributed by atoms with Gasteiger partial charge in [0.05, 0.1) is 32.6 Å². The first-order valence-electron chi connectivity index (χ1n) is 8.18. The van der Waals surface area contributed by atoms with Crippen LogP contribution in [0.5, 0.6) is 11.5 Å². The maximum absolute atomic E-state index is 12.6. The first kappa shape index (κ1) is 20.6. The maximum atomic E-state index is 12.6. The minimum absolute atomic E-state index is 0.105. The van der Waals surface area contributed by atoms with Gasteiger partial charge in [-0.15, -0.1) is 0 Å². The molecular weight excluding hydrogens is 368 g/mol. The van der Waals surface area contributed by atoms with Gasteiger partial charge in [-0.05, 0) is 42.0 Å². The van der Waals surface area contributed by atoms with Gasteiger partial charge in [0.2, 0.25) is 15.9 Å². The molecule has 0 unspecified atom stereocenters. The van der Waals surface area contributed by atoms with Crippen molar-refractivity contribution in [3.05, 3.63) is 48.0 Å². The lowest BCUT2D eigenvalue weighted by molar-refractivity contribution is -0.117. The Morgan fingerprint density at radius 1 is 0.926 bits per heavy atom. The van der Waals surface area contributed by atoms with Crippen molar-refractivity contribution in [1.82, 2.24) is 0 Å². The molecule has 0 radical (unpaired) electrons. The second kappa shape index (κ2) is 8.30. The van der Waals surface area contributed by atoms with Crippen molar-refractivity contribution in [3.8, 4) is 11.5 Å². The molecule has 0 aliphatic carbocycles. The number of carbonyl (C=O) groups excluding carboxylic acids is 1. The molecule has 1 amide bonds. The van der Waals surface area contributed by atoms with E-state index in [1.807, 2.05) is 6.07 Å². The van der Waals surface area contributed by atoms with Gasteiger partial charge in [0.15, 0.2) is 11.5 Å². The molecule has 0 atom stereocenters. The van der Waals surface area contributed by atoms with Crippen LogP contribution in [0, 0.1) is 0 Å². The Morgan fingerprint density at radius 2 is 1.48 bits per heavy atom. The Kier molecular flexibility index (Phi) is 6.32. The highest BCUT2D eigenvalue weighted by molar-refractivity contribution is 7.92. The van der Waals surface area contributed by atoms with Gasteiger partial charge in [0.1, 0.15) is 0 Å². The van der Waals surface area contributed by atoms with Gasteiger partial charge in [0, 0.05) is 19.8 Å². The zero-order chi connectivity index (χ0) is 20.2. The molecule has 0 bridgehead atoms. The Morgan fingerprint density at radius 3 is 2.00 bits per heavy atom. The largest absolute Gasteiger partial charge is 0.493 e. The molecule has 2 aromatic rings. The number of likely N-dealkylation sites (N-methyl/N-ethyl adjacent to an activating group) is 1. The van der Waals surface area contributed by atoms with Gasteiger partial charge in [-0.1, -0.05) is 6.07 Å². The van der Waals surface area contributed by atoms with Gasteiger partial charge >= 0.3 is 0 Å². The van der Waals surface area contributed by atoms with E-state index in [-0.39, 0.29) is 12.3 Å². The van der Waals surface area contributed by atoms with E-state index in [0.29, 0.717) is 22.9 Å². The number of amides is 1. The number of hydrogen-bond acceptors (Lipinski definition) is 5. The summed E-state index contributed by atoms with van der Waals surface area (Å²) in [7, 11) is 2.94. The minimum Gasteiger partial charge on any atom is -0.493 e. The van der Waals surface area contributed by atoms with Crippen LogP contribution in [-0.4, -0.2) is 48.9 Å². The van der Waals surface area contributed by atoms with Crippen LogP contribution < -0.4 is 18.7 Å². The number of sulfonamides is 1. The quantitative estimate of drug-likeness (QED) is 0.723. The molecule has 0 aliphatic rings. The molecule has 7 nitrogen and oxygen atoms in total. The van der Waals surface area contributed by atoms with E-state index in [4.69, 9.17) is 9.47 Å². The van der Waals surface area contributed by atoms with Crippen LogP contribution in [-0.2, 0) is 21.2 Å². The molecule has 0 fully saturated rings. The van der Waals surface area contributed by atoms with E-state index in [2.05, 4.69) is 0 Å². The fraction of sp³-hybridized carbons (Fsp3) is 0.316. The zero-order valence-electron chi connectivity index (χ0n) is 16.1. The number of benzene rings is 2. The standard InChI is InChI=1S/C19H24N2O5S/c1-20(15-7-9-16(10-8-15)21(2)27(5,23)24)19(22)13-14-6-11-17(25-3)18(12-14)26-4/h6-12H,13H2,1-5H3. The zero-order valence-corrected chi connectivity index (χ0v) is 16.9. The molecule has 0 saturated heterocycles. The molecule has 0 saturated carbocycles. The summed E-state index contributed by atoms with van der Waals surface area (Å²) in [6.07, 6.45) is 1.33. The molecule has 2 rings (SSSR count). The molecule has 8 heteroatoms. The second-order valence-corrected chi connectivity index (χ2v) is 8.08. The van der Waals surface area contributed by atoms with E-state index in [1.165, 1.54) is 16.3 Å². The molecule has 0 spiro atoms. The minimum atomic E-state index is -3.33. The molecule has 2 aromatic carbocycles. The van der Waals surface area contributed by atoms with E-state index < -0.39 is 10.0 Å². The number of anilines is 2. The number of nitrogens with zero attached hydrogens (tertiary/aromatic N) is 2. The maximum Gasteiger partial charge on any atom is 0.231 e. The van der Waals surface area contributed by atoms with Crippen LogP contribution in [0.25, 0.3) is 0 Å². The highest BCUT2D eigenvalue weighted by Crippen LogP contribution is 2.28. The van der Waals surface area contributed by atoms with Crippen LogP contribution >= 0.6 is 0 Å². The molecule has 0 aliphatic heterocycles. The molecule has 0 aromatic heterocycles. The average molecular weight is 392 g/mol. The number of rotatable bonds is 7. The Bertz CT molecular complexity index is 910. The lowest BCUT2D eigenvalue weighted by atomic mass is 10.1. The fourth-order valence-electron chi connectivity index (χ4n) is 2.51. The van der Waals surface area contributed by atoms with Crippen molar-refractivity contribution in [2.75, 3.05) is 43.8 Å². The van der Waals surface area contributed by atoms with Gasteiger partial charge < -0.3 is 14.4 Å². The van der Waals surface area contributed by atoms with Gasteiger partial charge in [-0.3, -0.25) is 9.10 Å². The van der Waals surface area contributed by atoms with Crippen LogP contribution in [0.15, 0.2) is 42.5 Å². The number of ether oxygens (including phenoxy) is 2.